The van der Waals surface area contributed by atoms with Crippen molar-refractivity contribution in [3.63, 3.8) is 0 Å². The molecule has 0 spiro atoms. The predicted molar refractivity (Wildman–Crippen MR) is 127 cm³/mol. The Bertz CT molecular complexity index is 1130. The van der Waals surface area contributed by atoms with Gasteiger partial charge in [0, 0.05) is 37.9 Å². The van der Waals surface area contributed by atoms with Crippen molar-refractivity contribution in [3.8, 4) is 23.3 Å². The lowest BCUT2D eigenvalue weighted by molar-refractivity contribution is 0.324. The van der Waals surface area contributed by atoms with Crippen LogP contribution < -0.4 is 24.0 Å². The molecule has 33 heavy (non-hydrogen) atoms. The molecule has 2 heterocycles. The number of rotatable bonds is 7. The second kappa shape index (κ2) is 10.0. The summed E-state index contributed by atoms with van der Waals surface area (Å²) in [5, 5.41) is 9.59. The van der Waals surface area contributed by atoms with Crippen LogP contribution in [0, 0.1) is 11.3 Å². The number of nitriles is 1. The molecule has 0 saturated carbocycles. The van der Waals surface area contributed by atoms with Crippen LogP contribution in [0.1, 0.15) is 17.1 Å². The van der Waals surface area contributed by atoms with E-state index in [2.05, 4.69) is 33.0 Å². The van der Waals surface area contributed by atoms with Crippen molar-refractivity contribution in [1.29, 1.82) is 5.26 Å². The number of ether oxygens (including phenoxy) is 3. The summed E-state index contributed by atoms with van der Waals surface area (Å²) in [7, 11) is 4.71. The summed E-state index contributed by atoms with van der Waals surface area (Å²) < 4.78 is 22.1. The van der Waals surface area contributed by atoms with Crippen LogP contribution in [-0.2, 0) is 0 Å². The van der Waals surface area contributed by atoms with Crippen LogP contribution in [-0.4, -0.2) is 52.5 Å². The van der Waals surface area contributed by atoms with Crippen molar-refractivity contribution in [2.24, 2.45) is 0 Å². The second-order valence-corrected chi connectivity index (χ2v) is 7.42. The molecule has 1 aliphatic heterocycles. The average molecular weight is 447 g/mol. The first kappa shape index (κ1) is 22.1. The molecule has 0 bridgehead atoms. The Kier molecular flexibility index (Phi) is 6.69. The summed E-state index contributed by atoms with van der Waals surface area (Å²) in [6.45, 7) is 3.17. The Balaban J connectivity index is 1.51. The minimum absolute atomic E-state index is 0.285. The maximum Gasteiger partial charge on any atom is 0.235 e. The maximum absolute atomic E-state index is 9.59. The molecular weight excluding hydrogens is 420 g/mol. The molecular formula is C25H26N4O4. The molecule has 8 heteroatoms. The first-order valence-corrected chi connectivity index (χ1v) is 10.6. The fourth-order valence-electron chi connectivity index (χ4n) is 3.86. The zero-order valence-electron chi connectivity index (χ0n) is 18.9. The van der Waals surface area contributed by atoms with E-state index in [1.54, 1.807) is 27.4 Å². The monoisotopic (exact) mass is 446 g/mol. The van der Waals surface area contributed by atoms with Gasteiger partial charge in [-0.2, -0.15) is 10.2 Å². The maximum atomic E-state index is 9.59. The third kappa shape index (κ3) is 4.72. The molecule has 8 nitrogen and oxygen atoms in total. The molecule has 1 aromatic heterocycles. The third-order valence-electron chi connectivity index (χ3n) is 5.53. The van der Waals surface area contributed by atoms with Gasteiger partial charge in [-0.05, 0) is 35.9 Å². The molecule has 4 rings (SSSR count). The third-order valence-corrected chi connectivity index (χ3v) is 5.53. The highest BCUT2D eigenvalue weighted by Crippen LogP contribution is 2.38. The Labute approximate surface area is 193 Å². The zero-order chi connectivity index (χ0) is 23.2. The highest BCUT2D eigenvalue weighted by atomic mass is 16.5. The number of hydrogen-bond acceptors (Lipinski definition) is 8. The van der Waals surface area contributed by atoms with E-state index in [1.807, 2.05) is 36.4 Å². The lowest BCUT2D eigenvalue weighted by atomic mass is 10.1. The number of anilines is 2. The Hall–Kier alpha value is -4.12. The van der Waals surface area contributed by atoms with Crippen molar-refractivity contribution in [1.82, 2.24) is 4.98 Å². The number of nitrogens with zero attached hydrogens (tertiary/aromatic N) is 4. The van der Waals surface area contributed by atoms with Crippen molar-refractivity contribution in [3.05, 3.63) is 59.6 Å². The highest BCUT2D eigenvalue weighted by Gasteiger charge is 2.24. The van der Waals surface area contributed by atoms with Gasteiger partial charge in [-0.1, -0.05) is 18.2 Å². The number of aromatic nitrogens is 1. The highest BCUT2D eigenvalue weighted by molar-refractivity contribution is 5.71. The molecule has 0 amide bonds. The van der Waals surface area contributed by atoms with Gasteiger partial charge in [0.05, 0.1) is 21.3 Å². The molecule has 1 fully saturated rings. The van der Waals surface area contributed by atoms with E-state index in [9.17, 15) is 5.26 Å². The van der Waals surface area contributed by atoms with Crippen LogP contribution in [0.3, 0.4) is 0 Å². The van der Waals surface area contributed by atoms with E-state index in [0.717, 1.165) is 31.7 Å². The number of hydrogen-bond donors (Lipinski definition) is 0. The second-order valence-electron chi connectivity index (χ2n) is 7.42. The van der Waals surface area contributed by atoms with E-state index in [4.69, 9.17) is 18.6 Å². The molecule has 2 aromatic carbocycles. The Morgan fingerprint density at radius 1 is 0.909 bits per heavy atom. The lowest BCUT2D eigenvalue weighted by Gasteiger charge is -2.35. The molecule has 3 aromatic rings. The van der Waals surface area contributed by atoms with Crippen LogP contribution in [0.2, 0.25) is 0 Å². The summed E-state index contributed by atoms with van der Waals surface area (Å²) >= 11 is 0. The summed E-state index contributed by atoms with van der Waals surface area (Å²) in [4.78, 5) is 8.75. The summed E-state index contributed by atoms with van der Waals surface area (Å²) in [5.41, 5.74) is 2.30. The van der Waals surface area contributed by atoms with Crippen LogP contribution >= 0.6 is 0 Å². The number of oxazole rings is 1. The molecule has 170 valence electrons. The van der Waals surface area contributed by atoms with Gasteiger partial charge < -0.3 is 28.4 Å². The van der Waals surface area contributed by atoms with Gasteiger partial charge in [0.25, 0.3) is 0 Å². The van der Waals surface area contributed by atoms with Crippen LogP contribution in [0.5, 0.6) is 17.2 Å². The zero-order valence-corrected chi connectivity index (χ0v) is 18.9. The molecule has 1 aliphatic rings. The fraction of sp³-hybridized carbons (Fsp3) is 0.280. The van der Waals surface area contributed by atoms with Crippen LogP contribution in [0.15, 0.2) is 46.9 Å². The first-order valence-electron chi connectivity index (χ1n) is 10.6. The largest absolute Gasteiger partial charge is 0.493 e. The quantitative estimate of drug-likeness (QED) is 0.537. The normalized spacial score (nSPS) is 13.8. The van der Waals surface area contributed by atoms with Crippen LogP contribution in [0.4, 0.5) is 11.6 Å². The molecule has 0 N–H and O–H groups in total. The molecule has 0 aliphatic carbocycles. The lowest BCUT2D eigenvalue weighted by Crippen LogP contribution is -2.46. The minimum Gasteiger partial charge on any atom is -0.493 e. The molecule has 0 atom stereocenters. The predicted octanol–water partition coefficient (Wildman–Crippen LogP) is 4.07. The summed E-state index contributed by atoms with van der Waals surface area (Å²) in [6, 6.07) is 16.1. The van der Waals surface area contributed by atoms with E-state index in [-0.39, 0.29) is 5.69 Å². The Morgan fingerprint density at radius 3 is 2.12 bits per heavy atom. The molecule has 1 saturated heterocycles. The van der Waals surface area contributed by atoms with Gasteiger partial charge in [-0.25, -0.2) is 0 Å². The average Bonchev–Trinajstić information content (AvgIpc) is 3.30. The minimum atomic E-state index is 0.285. The van der Waals surface area contributed by atoms with Gasteiger partial charge in [0.1, 0.15) is 6.07 Å². The van der Waals surface area contributed by atoms with Crippen LogP contribution in [0.25, 0.3) is 12.2 Å². The number of para-hydroxylation sites is 1. The van der Waals surface area contributed by atoms with Crippen molar-refractivity contribution in [2.45, 2.75) is 0 Å². The number of piperazine rings is 1. The Morgan fingerprint density at radius 2 is 1.55 bits per heavy atom. The topological polar surface area (TPSA) is 84.0 Å². The number of benzene rings is 2. The van der Waals surface area contributed by atoms with Crippen molar-refractivity contribution < 1.29 is 18.6 Å². The van der Waals surface area contributed by atoms with Crippen molar-refractivity contribution in [2.75, 3.05) is 57.3 Å². The van der Waals surface area contributed by atoms with E-state index in [1.165, 1.54) is 5.69 Å². The van der Waals surface area contributed by atoms with E-state index >= 15 is 0 Å². The summed E-state index contributed by atoms with van der Waals surface area (Å²) in [5.74, 6) is 2.50. The SMILES string of the molecule is COc1cc(C=Cc2nc(C#N)c(N3CCN(c4ccccc4)CC3)o2)cc(OC)c1OC. The smallest absolute Gasteiger partial charge is 0.235 e. The van der Waals surface area contributed by atoms with Gasteiger partial charge in [-0.15, -0.1) is 0 Å². The number of methoxy groups -OCH3 is 3. The van der Waals surface area contributed by atoms with Gasteiger partial charge in [-0.3, -0.25) is 0 Å². The standard InChI is InChI=1S/C25H26N4O4/c1-30-21-15-18(16-22(31-2)24(21)32-3)9-10-23-27-20(17-26)25(33-23)29-13-11-28(12-14-29)19-7-5-4-6-8-19/h4-10,15-16H,11-14H2,1-3H3. The van der Waals surface area contributed by atoms with Crippen molar-refractivity contribution >= 4 is 23.7 Å². The van der Waals surface area contributed by atoms with Gasteiger partial charge in [0.2, 0.25) is 23.2 Å². The summed E-state index contributed by atoms with van der Waals surface area (Å²) in [6.07, 6.45) is 3.56. The molecule has 0 unspecified atom stereocenters. The van der Waals surface area contributed by atoms with Gasteiger partial charge in [0.15, 0.2) is 11.5 Å². The van der Waals surface area contributed by atoms with Gasteiger partial charge >= 0.3 is 0 Å². The first-order chi connectivity index (χ1) is 16.2. The van der Waals surface area contributed by atoms with E-state index in [0.29, 0.717) is 29.0 Å². The fourth-order valence-corrected chi connectivity index (χ4v) is 3.86. The van der Waals surface area contributed by atoms with E-state index < -0.39 is 0 Å². The molecule has 0 radical (unpaired) electrons.